The van der Waals surface area contributed by atoms with Crippen LogP contribution < -0.4 is 5.32 Å². The van der Waals surface area contributed by atoms with Crippen molar-refractivity contribution in [3.05, 3.63) is 12.7 Å². The van der Waals surface area contributed by atoms with Gasteiger partial charge >= 0.3 is 5.97 Å². The molecule has 0 aliphatic rings. The van der Waals surface area contributed by atoms with Crippen molar-refractivity contribution in [3.63, 3.8) is 0 Å². The van der Waals surface area contributed by atoms with Gasteiger partial charge in [-0.25, -0.2) is 0 Å². The molecule has 0 saturated heterocycles. The van der Waals surface area contributed by atoms with Crippen molar-refractivity contribution in [1.82, 2.24) is 5.32 Å². The summed E-state index contributed by atoms with van der Waals surface area (Å²) >= 11 is 0. The van der Waals surface area contributed by atoms with Gasteiger partial charge in [0.1, 0.15) is 0 Å². The Labute approximate surface area is 94.5 Å². The minimum Gasteiger partial charge on any atom is -0.481 e. The summed E-state index contributed by atoms with van der Waals surface area (Å²) in [6.07, 6.45) is 2.41. The van der Waals surface area contributed by atoms with E-state index in [1.54, 1.807) is 6.08 Å². The molecule has 16 heavy (non-hydrogen) atoms. The van der Waals surface area contributed by atoms with E-state index in [1.165, 1.54) is 6.92 Å². The zero-order chi connectivity index (χ0) is 12.6. The normalized spacial score (nSPS) is 11.6. The number of Topliss-reactive ketones (excluding diaryl/α,β-unsaturated/α-hetero) is 1. The van der Waals surface area contributed by atoms with Crippen molar-refractivity contribution in [2.45, 2.75) is 38.6 Å². The molecule has 0 saturated carbocycles. The molecule has 0 aromatic carbocycles. The van der Waals surface area contributed by atoms with E-state index >= 15 is 0 Å². The van der Waals surface area contributed by atoms with Crippen LogP contribution in [0.15, 0.2) is 12.7 Å². The number of aliphatic carboxylic acids is 1. The Morgan fingerprint density at radius 1 is 1.38 bits per heavy atom. The number of amides is 1. The predicted octanol–water partition coefficient (Wildman–Crippen LogP) is 0.891. The highest BCUT2D eigenvalue weighted by molar-refractivity contribution is 5.87. The van der Waals surface area contributed by atoms with Crippen molar-refractivity contribution in [1.29, 1.82) is 0 Å². The van der Waals surface area contributed by atoms with Crippen molar-refractivity contribution in [3.8, 4) is 0 Å². The SMILES string of the molecule is C=CCCC(=O)N[C@@H](CCC(=O)O)C(C)=O. The van der Waals surface area contributed by atoms with Crippen LogP contribution in [0.4, 0.5) is 0 Å². The van der Waals surface area contributed by atoms with Gasteiger partial charge in [-0.15, -0.1) is 6.58 Å². The van der Waals surface area contributed by atoms with E-state index in [0.29, 0.717) is 6.42 Å². The lowest BCUT2D eigenvalue weighted by atomic mass is 10.1. The van der Waals surface area contributed by atoms with Crippen molar-refractivity contribution < 1.29 is 19.5 Å². The minimum absolute atomic E-state index is 0.129. The van der Waals surface area contributed by atoms with E-state index in [0.717, 1.165) is 0 Å². The number of ketones is 1. The lowest BCUT2D eigenvalue weighted by Gasteiger charge is -2.14. The smallest absolute Gasteiger partial charge is 0.303 e. The number of rotatable bonds is 8. The predicted molar refractivity (Wildman–Crippen MR) is 58.9 cm³/mol. The molecule has 1 amide bonds. The minimum atomic E-state index is -0.980. The Hall–Kier alpha value is -1.65. The molecule has 0 fully saturated rings. The highest BCUT2D eigenvalue weighted by Gasteiger charge is 2.17. The second-order valence-electron chi connectivity index (χ2n) is 3.49. The first-order valence-electron chi connectivity index (χ1n) is 5.10. The maximum Gasteiger partial charge on any atom is 0.303 e. The molecule has 5 heteroatoms. The van der Waals surface area contributed by atoms with Crippen LogP contribution >= 0.6 is 0 Å². The molecule has 0 bridgehead atoms. The lowest BCUT2D eigenvalue weighted by molar-refractivity contribution is -0.137. The Morgan fingerprint density at radius 3 is 2.44 bits per heavy atom. The molecule has 0 aromatic rings. The number of carbonyl (C=O) groups excluding carboxylic acids is 2. The standard InChI is InChI=1S/C11H17NO4/c1-3-4-5-10(14)12-9(8(2)13)6-7-11(15)16/h3,9H,1,4-7H2,2H3,(H,12,14)(H,15,16)/t9-/m0/s1. The van der Waals surface area contributed by atoms with Gasteiger partial charge in [0, 0.05) is 12.8 Å². The van der Waals surface area contributed by atoms with Gasteiger partial charge in [0.15, 0.2) is 5.78 Å². The quantitative estimate of drug-likeness (QED) is 0.603. The van der Waals surface area contributed by atoms with Gasteiger partial charge in [-0.3, -0.25) is 14.4 Å². The second kappa shape index (κ2) is 7.62. The number of hydrogen-bond donors (Lipinski definition) is 2. The average molecular weight is 227 g/mol. The molecular formula is C11H17NO4. The zero-order valence-electron chi connectivity index (χ0n) is 9.36. The van der Waals surface area contributed by atoms with Gasteiger partial charge in [-0.05, 0) is 19.8 Å². The summed E-state index contributed by atoms with van der Waals surface area (Å²) in [4.78, 5) is 32.8. The molecule has 0 unspecified atom stereocenters. The van der Waals surface area contributed by atoms with E-state index in [4.69, 9.17) is 5.11 Å². The molecule has 2 N–H and O–H groups in total. The first-order valence-corrected chi connectivity index (χ1v) is 5.10. The number of hydrogen-bond acceptors (Lipinski definition) is 3. The van der Waals surface area contributed by atoms with Crippen LogP contribution in [0.25, 0.3) is 0 Å². The lowest BCUT2D eigenvalue weighted by Crippen LogP contribution is -2.39. The molecule has 0 spiro atoms. The molecule has 0 radical (unpaired) electrons. The van der Waals surface area contributed by atoms with Crippen LogP contribution in [0.2, 0.25) is 0 Å². The summed E-state index contributed by atoms with van der Waals surface area (Å²) in [7, 11) is 0. The maximum atomic E-state index is 11.3. The van der Waals surface area contributed by atoms with Gasteiger partial charge in [-0.1, -0.05) is 6.08 Å². The Morgan fingerprint density at radius 2 is 2.00 bits per heavy atom. The van der Waals surface area contributed by atoms with Crippen molar-refractivity contribution in [2.75, 3.05) is 0 Å². The van der Waals surface area contributed by atoms with E-state index in [-0.39, 0.29) is 31.0 Å². The van der Waals surface area contributed by atoms with Crippen molar-refractivity contribution in [2.24, 2.45) is 0 Å². The number of carbonyl (C=O) groups is 3. The first-order chi connectivity index (χ1) is 7.47. The molecule has 0 aliphatic heterocycles. The highest BCUT2D eigenvalue weighted by Crippen LogP contribution is 2.00. The molecule has 0 rings (SSSR count). The van der Waals surface area contributed by atoms with Crippen LogP contribution in [-0.2, 0) is 14.4 Å². The fraction of sp³-hybridized carbons (Fsp3) is 0.545. The molecule has 5 nitrogen and oxygen atoms in total. The van der Waals surface area contributed by atoms with E-state index in [2.05, 4.69) is 11.9 Å². The van der Waals surface area contributed by atoms with E-state index < -0.39 is 12.0 Å². The highest BCUT2D eigenvalue weighted by atomic mass is 16.4. The van der Waals surface area contributed by atoms with Gasteiger partial charge in [0.05, 0.1) is 6.04 Å². The summed E-state index contributed by atoms with van der Waals surface area (Å²) in [5, 5.41) is 11.0. The Bertz CT molecular complexity index is 286. The maximum absolute atomic E-state index is 11.3. The molecular weight excluding hydrogens is 210 g/mol. The number of allylic oxidation sites excluding steroid dienone is 1. The third-order valence-electron chi connectivity index (χ3n) is 2.05. The van der Waals surface area contributed by atoms with Crippen LogP contribution in [0.1, 0.15) is 32.6 Å². The van der Waals surface area contributed by atoms with Gasteiger partial charge in [0.2, 0.25) is 5.91 Å². The number of carboxylic acids is 1. The summed E-state index contributed by atoms with van der Waals surface area (Å²) in [5.41, 5.74) is 0. The van der Waals surface area contributed by atoms with Gasteiger partial charge < -0.3 is 10.4 Å². The summed E-state index contributed by atoms with van der Waals surface area (Å²) < 4.78 is 0. The zero-order valence-corrected chi connectivity index (χ0v) is 9.36. The van der Waals surface area contributed by atoms with Gasteiger partial charge in [-0.2, -0.15) is 0 Å². The topological polar surface area (TPSA) is 83.5 Å². The largest absolute Gasteiger partial charge is 0.481 e. The third-order valence-corrected chi connectivity index (χ3v) is 2.05. The van der Waals surface area contributed by atoms with Crippen LogP contribution in [0, 0.1) is 0 Å². The van der Waals surface area contributed by atoms with Crippen LogP contribution in [0.5, 0.6) is 0 Å². The summed E-state index contributed by atoms with van der Waals surface area (Å²) in [6.45, 7) is 4.82. The third kappa shape index (κ3) is 6.75. The van der Waals surface area contributed by atoms with E-state index in [1.807, 2.05) is 0 Å². The molecule has 90 valence electrons. The summed E-state index contributed by atoms with van der Waals surface area (Å²) in [6, 6.07) is -0.701. The number of carboxylic acid groups (broad SMARTS) is 1. The first kappa shape index (κ1) is 14.3. The number of nitrogens with one attached hydrogen (secondary N) is 1. The van der Waals surface area contributed by atoms with Crippen LogP contribution in [0.3, 0.4) is 0 Å². The molecule has 1 atom stereocenters. The molecule has 0 aromatic heterocycles. The van der Waals surface area contributed by atoms with Gasteiger partial charge in [0.25, 0.3) is 0 Å². The van der Waals surface area contributed by atoms with E-state index in [9.17, 15) is 14.4 Å². The Kier molecular flexibility index (Phi) is 6.83. The average Bonchev–Trinajstić information content (AvgIpc) is 2.20. The molecule has 0 heterocycles. The molecule has 0 aliphatic carbocycles. The van der Waals surface area contributed by atoms with Crippen molar-refractivity contribution >= 4 is 17.7 Å². The van der Waals surface area contributed by atoms with Crippen LogP contribution in [-0.4, -0.2) is 28.8 Å². The monoisotopic (exact) mass is 227 g/mol. The fourth-order valence-corrected chi connectivity index (χ4v) is 1.14. The second-order valence-corrected chi connectivity index (χ2v) is 3.49. The fourth-order valence-electron chi connectivity index (χ4n) is 1.14. The summed E-state index contributed by atoms with van der Waals surface area (Å²) in [5.74, 6) is -1.47. The Balaban J connectivity index is 4.11.